The van der Waals surface area contributed by atoms with Crippen molar-refractivity contribution >= 4 is 23.2 Å². The Bertz CT molecular complexity index is 725. The lowest BCUT2D eigenvalue weighted by molar-refractivity contribution is -0.137. The molecule has 0 fully saturated rings. The molecule has 0 spiro atoms. The van der Waals surface area contributed by atoms with E-state index in [1.54, 1.807) is 12.1 Å². The van der Waals surface area contributed by atoms with Gasteiger partial charge in [0.25, 0.3) is 5.91 Å². The van der Waals surface area contributed by atoms with Crippen molar-refractivity contribution < 1.29 is 18.0 Å². The van der Waals surface area contributed by atoms with Gasteiger partial charge < -0.3 is 5.32 Å². The van der Waals surface area contributed by atoms with Crippen LogP contribution in [0, 0.1) is 6.92 Å². The van der Waals surface area contributed by atoms with Crippen LogP contribution in [0.5, 0.6) is 0 Å². The maximum absolute atomic E-state index is 12.5. The summed E-state index contributed by atoms with van der Waals surface area (Å²) >= 11 is 5.02. The molecule has 0 bridgehead atoms. The Kier molecular flexibility index (Phi) is 5.56. The number of alkyl halides is 3. The molecule has 3 nitrogen and oxygen atoms in total. The summed E-state index contributed by atoms with van der Waals surface area (Å²) in [6.45, 7) is 2.13. The maximum atomic E-state index is 12.5. The van der Waals surface area contributed by atoms with Crippen LogP contribution in [0.15, 0.2) is 48.5 Å². The minimum atomic E-state index is -4.36. The number of rotatable bonds is 3. The van der Waals surface area contributed by atoms with E-state index in [1.165, 1.54) is 12.1 Å². The predicted octanol–water partition coefficient (Wildman–Crippen LogP) is 3.82. The predicted molar refractivity (Wildman–Crippen MR) is 89.5 cm³/mol. The van der Waals surface area contributed by atoms with Crippen molar-refractivity contribution in [3.63, 3.8) is 0 Å². The van der Waals surface area contributed by atoms with Gasteiger partial charge in [0.2, 0.25) is 0 Å². The molecule has 0 atom stereocenters. The first-order valence-corrected chi connectivity index (χ1v) is 7.48. The standard InChI is InChI=1S/C17H15F3N2OS/c1-11-2-6-13(7-3-11)15(23)22-16(24)21-10-12-4-8-14(9-5-12)17(18,19)20/h2-9H,10H2,1H3,(H2,21,22,23,24). The lowest BCUT2D eigenvalue weighted by Gasteiger charge is -2.11. The molecule has 0 aliphatic rings. The first-order valence-electron chi connectivity index (χ1n) is 7.08. The summed E-state index contributed by atoms with van der Waals surface area (Å²) in [4.78, 5) is 12.0. The summed E-state index contributed by atoms with van der Waals surface area (Å²) in [5.41, 5.74) is 1.42. The Morgan fingerprint density at radius 1 is 1.04 bits per heavy atom. The molecule has 1 amide bonds. The van der Waals surface area contributed by atoms with Gasteiger partial charge in [-0.15, -0.1) is 0 Å². The smallest absolute Gasteiger partial charge is 0.358 e. The van der Waals surface area contributed by atoms with E-state index in [1.807, 2.05) is 19.1 Å². The number of hydrogen-bond acceptors (Lipinski definition) is 2. The highest BCUT2D eigenvalue weighted by Crippen LogP contribution is 2.28. The van der Waals surface area contributed by atoms with Crippen molar-refractivity contribution in [1.29, 1.82) is 0 Å². The van der Waals surface area contributed by atoms with Crippen LogP contribution in [0.25, 0.3) is 0 Å². The van der Waals surface area contributed by atoms with Gasteiger partial charge in [0.1, 0.15) is 0 Å². The molecule has 0 aliphatic heterocycles. The van der Waals surface area contributed by atoms with Crippen molar-refractivity contribution in [2.75, 3.05) is 0 Å². The minimum absolute atomic E-state index is 0.112. The average Bonchev–Trinajstić information content (AvgIpc) is 2.53. The third-order valence-corrected chi connectivity index (χ3v) is 3.52. The molecular weight excluding hydrogens is 337 g/mol. The van der Waals surface area contributed by atoms with E-state index in [-0.39, 0.29) is 17.6 Å². The zero-order chi connectivity index (χ0) is 17.7. The van der Waals surface area contributed by atoms with E-state index in [0.29, 0.717) is 11.1 Å². The van der Waals surface area contributed by atoms with Gasteiger partial charge in [0.05, 0.1) is 5.56 Å². The van der Waals surface area contributed by atoms with Crippen LogP contribution in [0.2, 0.25) is 0 Å². The number of aryl methyl sites for hydroxylation is 1. The van der Waals surface area contributed by atoms with Crippen molar-refractivity contribution in [3.8, 4) is 0 Å². The van der Waals surface area contributed by atoms with Crippen LogP contribution in [0.1, 0.15) is 27.0 Å². The molecule has 0 saturated heterocycles. The first-order chi connectivity index (χ1) is 11.3. The highest BCUT2D eigenvalue weighted by atomic mass is 32.1. The largest absolute Gasteiger partial charge is 0.416 e. The average molecular weight is 352 g/mol. The highest BCUT2D eigenvalue weighted by Gasteiger charge is 2.29. The number of halogens is 3. The van der Waals surface area contributed by atoms with Crippen LogP contribution in [-0.4, -0.2) is 11.0 Å². The Labute approximate surface area is 142 Å². The Hall–Kier alpha value is -2.41. The Morgan fingerprint density at radius 2 is 1.62 bits per heavy atom. The third-order valence-electron chi connectivity index (χ3n) is 3.28. The fourth-order valence-electron chi connectivity index (χ4n) is 1.92. The van der Waals surface area contributed by atoms with Crippen LogP contribution < -0.4 is 10.6 Å². The SMILES string of the molecule is Cc1ccc(C(=O)NC(=S)NCc2ccc(C(F)(F)F)cc2)cc1. The summed E-state index contributed by atoms with van der Waals surface area (Å²) in [6.07, 6.45) is -4.36. The molecule has 2 N–H and O–H groups in total. The monoisotopic (exact) mass is 352 g/mol. The summed E-state index contributed by atoms with van der Waals surface area (Å²) in [5, 5.41) is 5.42. The van der Waals surface area contributed by atoms with Crippen LogP contribution in [0.4, 0.5) is 13.2 Å². The number of carbonyl (C=O) groups is 1. The lowest BCUT2D eigenvalue weighted by Crippen LogP contribution is -2.38. The topological polar surface area (TPSA) is 41.1 Å². The van der Waals surface area contributed by atoms with Gasteiger partial charge in [0, 0.05) is 12.1 Å². The second kappa shape index (κ2) is 7.44. The van der Waals surface area contributed by atoms with Crippen LogP contribution in [0.3, 0.4) is 0 Å². The number of thiocarbonyl (C=S) groups is 1. The first kappa shape index (κ1) is 17.9. The summed E-state index contributed by atoms with van der Waals surface area (Å²) in [7, 11) is 0. The zero-order valence-electron chi connectivity index (χ0n) is 12.8. The fraction of sp³-hybridized carbons (Fsp3) is 0.176. The quantitative estimate of drug-likeness (QED) is 0.825. The molecule has 24 heavy (non-hydrogen) atoms. The summed E-state index contributed by atoms with van der Waals surface area (Å²) < 4.78 is 37.4. The van der Waals surface area contributed by atoms with Gasteiger partial charge in [-0.2, -0.15) is 13.2 Å². The van der Waals surface area contributed by atoms with Gasteiger partial charge in [-0.25, -0.2) is 0 Å². The number of carbonyl (C=O) groups excluding carboxylic acids is 1. The minimum Gasteiger partial charge on any atom is -0.358 e. The second-order valence-electron chi connectivity index (χ2n) is 5.20. The van der Waals surface area contributed by atoms with E-state index in [2.05, 4.69) is 10.6 Å². The van der Waals surface area contributed by atoms with E-state index >= 15 is 0 Å². The van der Waals surface area contributed by atoms with E-state index in [0.717, 1.165) is 17.7 Å². The molecule has 0 heterocycles. The zero-order valence-corrected chi connectivity index (χ0v) is 13.6. The van der Waals surface area contributed by atoms with Crippen molar-refractivity contribution in [3.05, 3.63) is 70.8 Å². The lowest BCUT2D eigenvalue weighted by atomic mass is 10.1. The number of hydrogen-bond donors (Lipinski definition) is 2. The molecule has 0 aromatic heterocycles. The Morgan fingerprint density at radius 3 is 2.17 bits per heavy atom. The molecule has 0 radical (unpaired) electrons. The van der Waals surface area contributed by atoms with Gasteiger partial charge in [-0.1, -0.05) is 29.8 Å². The molecule has 2 aromatic rings. The third kappa shape index (κ3) is 5.06. The Balaban J connectivity index is 1.86. The fourth-order valence-corrected chi connectivity index (χ4v) is 2.08. The van der Waals surface area contributed by atoms with E-state index in [9.17, 15) is 18.0 Å². The molecular formula is C17H15F3N2OS. The molecule has 0 saturated carbocycles. The van der Waals surface area contributed by atoms with Crippen molar-refractivity contribution in [2.24, 2.45) is 0 Å². The van der Waals surface area contributed by atoms with E-state index < -0.39 is 11.7 Å². The van der Waals surface area contributed by atoms with Crippen LogP contribution in [-0.2, 0) is 12.7 Å². The maximum Gasteiger partial charge on any atom is 0.416 e. The van der Waals surface area contributed by atoms with Gasteiger partial charge in [0.15, 0.2) is 5.11 Å². The van der Waals surface area contributed by atoms with Crippen molar-refractivity contribution in [2.45, 2.75) is 19.6 Å². The molecule has 0 aliphatic carbocycles. The highest BCUT2D eigenvalue weighted by molar-refractivity contribution is 7.80. The molecule has 2 aromatic carbocycles. The van der Waals surface area contributed by atoms with Gasteiger partial charge >= 0.3 is 6.18 Å². The normalized spacial score (nSPS) is 11.0. The number of amides is 1. The summed E-state index contributed by atoms with van der Waals surface area (Å²) in [5.74, 6) is -0.347. The van der Waals surface area contributed by atoms with Crippen LogP contribution >= 0.6 is 12.2 Å². The number of benzene rings is 2. The van der Waals surface area contributed by atoms with E-state index in [4.69, 9.17) is 12.2 Å². The molecule has 2 rings (SSSR count). The molecule has 126 valence electrons. The van der Waals surface area contributed by atoms with Gasteiger partial charge in [-0.05, 0) is 49.0 Å². The number of nitrogens with one attached hydrogen (secondary N) is 2. The van der Waals surface area contributed by atoms with Crippen molar-refractivity contribution in [1.82, 2.24) is 10.6 Å². The van der Waals surface area contributed by atoms with Gasteiger partial charge in [-0.3, -0.25) is 10.1 Å². The summed E-state index contributed by atoms with van der Waals surface area (Å²) in [6, 6.07) is 11.7. The second-order valence-corrected chi connectivity index (χ2v) is 5.61. The molecule has 7 heteroatoms. The molecule has 0 unspecified atom stereocenters.